The second kappa shape index (κ2) is 6.08. The van der Waals surface area contributed by atoms with Gasteiger partial charge in [0.15, 0.2) is 0 Å². The predicted molar refractivity (Wildman–Crippen MR) is 84.6 cm³/mol. The lowest BCUT2D eigenvalue weighted by molar-refractivity contribution is 0.112. The lowest BCUT2D eigenvalue weighted by Crippen LogP contribution is -1.98. The van der Waals surface area contributed by atoms with E-state index in [1.54, 1.807) is 12.1 Å². The van der Waals surface area contributed by atoms with E-state index < -0.39 is 0 Å². The Kier molecular flexibility index (Phi) is 4.18. The fourth-order valence-corrected chi connectivity index (χ4v) is 2.61. The summed E-state index contributed by atoms with van der Waals surface area (Å²) in [6.07, 6.45) is 3.21. The second-order valence-corrected chi connectivity index (χ2v) is 6.03. The van der Waals surface area contributed by atoms with E-state index in [0.717, 1.165) is 41.6 Å². The molecule has 1 fully saturated rings. The van der Waals surface area contributed by atoms with Gasteiger partial charge in [-0.05, 0) is 60.2 Å². The fraction of sp³-hybridized carbons (Fsp3) is 0.235. The number of ether oxygens (including phenoxy) is 1. The highest BCUT2D eigenvalue weighted by Crippen LogP contribution is 2.42. The van der Waals surface area contributed by atoms with Gasteiger partial charge < -0.3 is 4.74 Å². The zero-order valence-corrected chi connectivity index (χ0v) is 12.8. The van der Waals surface area contributed by atoms with E-state index >= 15 is 0 Å². The monoisotopic (exact) mass is 320 g/mol. The first kappa shape index (κ1) is 14.4. The predicted octanol–water partition coefficient (Wildman–Crippen LogP) is 5.26. The first-order chi connectivity index (χ1) is 10.2. The minimum absolute atomic E-state index is 0.418. The molecule has 1 aliphatic carbocycles. The van der Waals surface area contributed by atoms with Gasteiger partial charge in [-0.3, -0.25) is 4.79 Å². The molecule has 2 aromatic rings. The molecule has 0 unspecified atom stereocenters. The summed E-state index contributed by atoms with van der Waals surface area (Å²) < 4.78 is 5.79. The first-order valence-electron chi connectivity index (χ1n) is 6.83. The Morgan fingerprint density at radius 1 is 1.10 bits per heavy atom. The number of carbonyl (C=O) groups is 1. The quantitative estimate of drug-likeness (QED) is 0.702. The van der Waals surface area contributed by atoms with Gasteiger partial charge in [-0.25, -0.2) is 0 Å². The van der Waals surface area contributed by atoms with Crippen molar-refractivity contribution in [3.63, 3.8) is 0 Å². The van der Waals surface area contributed by atoms with Crippen LogP contribution in [0.2, 0.25) is 10.0 Å². The van der Waals surface area contributed by atoms with Gasteiger partial charge in [0.1, 0.15) is 18.6 Å². The summed E-state index contributed by atoms with van der Waals surface area (Å²) in [6.45, 7) is 0.418. The smallest absolute Gasteiger partial charge is 0.150 e. The molecular formula is C17H14Cl2O2. The molecule has 0 bridgehead atoms. The summed E-state index contributed by atoms with van der Waals surface area (Å²) in [7, 11) is 0. The van der Waals surface area contributed by atoms with Gasteiger partial charge in [0.25, 0.3) is 0 Å². The zero-order chi connectivity index (χ0) is 14.8. The highest BCUT2D eigenvalue weighted by molar-refractivity contribution is 6.42. The Balaban J connectivity index is 1.74. The van der Waals surface area contributed by atoms with Crippen LogP contribution in [0, 0.1) is 0 Å². The van der Waals surface area contributed by atoms with Crippen LogP contribution >= 0.6 is 23.2 Å². The van der Waals surface area contributed by atoms with Gasteiger partial charge >= 0.3 is 0 Å². The van der Waals surface area contributed by atoms with Gasteiger partial charge in [0.2, 0.25) is 0 Å². The number of hydrogen-bond donors (Lipinski definition) is 0. The van der Waals surface area contributed by atoms with E-state index in [2.05, 4.69) is 0 Å². The van der Waals surface area contributed by atoms with Crippen molar-refractivity contribution >= 4 is 29.5 Å². The summed E-state index contributed by atoms with van der Waals surface area (Å²) in [5.41, 5.74) is 2.81. The van der Waals surface area contributed by atoms with E-state index in [1.807, 2.05) is 24.3 Å². The SMILES string of the molecule is O=Cc1ccc(OCc2ccc(Cl)c(Cl)c2)cc1C1CC1. The number of benzene rings is 2. The normalized spacial score (nSPS) is 14.0. The largest absolute Gasteiger partial charge is 0.489 e. The number of rotatable bonds is 5. The average molecular weight is 321 g/mol. The highest BCUT2D eigenvalue weighted by Gasteiger charge is 2.26. The molecule has 108 valence electrons. The maximum atomic E-state index is 11.1. The van der Waals surface area contributed by atoms with Crippen molar-refractivity contribution in [3.05, 3.63) is 63.1 Å². The van der Waals surface area contributed by atoms with E-state index in [-0.39, 0.29) is 0 Å². The molecule has 0 radical (unpaired) electrons. The topological polar surface area (TPSA) is 26.3 Å². The lowest BCUT2D eigenvalue weighted by atomic mass is 10.0. The van der Waals surface area contributed by atoms with Gasteiger partial charge in [-0.2, -0.15) is 0 Å². The minimum Gasteiger partial charge on any atom is -0.489 e. The van der Waals surface area contributed by atoms with Crippen molar-refractivity contribution in [1.29, 1.82) is 0 Å². The molecule has 0 aliphatic heterocycles. The molecule has 0 saturated heterocycles. The van der Waals surface area contributed by atoms with Crippen LogP contribution in [0.3, 0.4) is 0 Å². The molecule has 1 saturated carbocycles. The highest BCUT2D eigenvalue weighted by atomic mass is 35.5. The van der Waals surface area contributed by atoms with Crippen molar-refractivity contribution in [2.45, 2.75) is 25.4 Å². The first-order valence-corrected chi connectivity index (χ1v) is 7.59. The molecule has 0 atom stereocenters. The van der Waals surface area contributed by atoms with Crippen LogP contribution < -0.4 is 4.74 Å². The third-order valence-electron chi connectivity index (χ3n) is 3.59. The molecule has 21 heavy (non-hydrogen) atoms. The molecule has 4 heteroatoms. The van der Waals surface area contributed by atoms with Gasteiger partial charge in [0.05, 0.1) is 10.0 Å². The number of aldehydes is 1. The third kappa shape index (κ3) is 3.39. The molecule has 0 amide bonds. The maximum absolute atomic E-state index is 11.1. The average Bonchev–Trinajstić information content (AvgIpc) is 3.33. The van der Waals surface area contributed by atoms with Crippen molar-refractivity contribution in [2.24, 2.45) is 0 Å². The summed E-state index contributed by atoms with van der Waals surface area (Å²) >= 11 is 11.9. The fourth-order valence-electron chi connectivity index (χ4n) is 2.29. The van der Waals surface area contributed by atoms with Crippen molar-refractivity contribution in [1.82, 2.24) is 0 Å². The van der Waals surface area contributed by atoms with E-state index in [4.69, 9.17) is 27.9 Å². The molecule has 2 aromatic carbocycles. The van der Waals surface area contributed by atoms with Crippen LogP contribution in [0.25, 0.3) is 0 Å². The van der Waals surface area contributed by atoms with Crippen LogP contribution in [-0.2, 0) is 6.61 Å². The lowest BCUT2D eigenvalue weighted by Gasteiger charge is -2.10. The second-order valence-electron chi connectivity index (χ2n) is 5.22. The Morgan fingerprint density at radius 2 is 1.90 bits per heavy atom. The maximum Gasteiger partial charge on any atom is 0.150 e. The molecule has 0 heterocycles. The Hall–Kier alpha value is -1.51. The third-order valence-corrected chi connectivity index (χ3v) is 4.33. The van der Waals surface area contributed by atoms with Crippen LogP contribution in [0.15, 0.2) is 36.4 Å². The van der Waals surface area contributed by atoms with Crippen LogP contribution in [0.1, 0.15) is 40.2 Å². The van der Waals surface area contributed by atoms with Crippen molar-refractivity contribution in [2.75, 3.05) is 0 Å². The molecular weight excluding hydrogens is 307 g/mol. The summed E-state index contributed by atoms with van der Waals surface area (Å²) in [5, 5.41) is 1.06. The Labute approximate surface area is 133 Å². The molecule has 0 aromatic heterocycles. The molecule has 2 nitrogen and oxygen atoms in total. The number of hydrogen-bond acceptors (Lipinski definition) is 2. The van der Waals surface area contributed by atoms with Crippen molar-refractivity contribution in [3.8, 4) is 5.75 Å². The Morgan fingerprint density at radius 3 is 2.57 bits per heavy atom. The molecule has 1 aliphatic rings. The number of halogens is 2. The number of carbonyl (C=O) groups excluding carboxylic acids is 1. The van der Waals surface area contributed by atoms with Crippen LogP contribution in [-0.4, -0.2) is 6.29 Å². The molecule has 0 N–H and O–H groups in total. The van der Waals surface area contributed by atoms with E-state index in [0.29, 0.717) is 22.6 Å². The van der Waals surface area contributed by atoms with Crippen molar-refractivity contribution < 1.29 is 9.53 Å². The van der Waals surface area contributed by atoms with Gasteiger partial charge in [-0.1, -0.05) is 29.3 Å². The van der Waals surface area contributed by atoms with E-state index in [9.17, 15) is 4.79 Å². The molecule has 0 spiro atoms. The standard InChI is InChI=1S/C17H14Cl2O2/c18-16-6-1-11(7-17(16)19)10-21-14-5-4-13(9-20)15(8-14)12-2-3-12/h1,4-9,12H,2-3,10H2. The molecule has 3 rings (SSSR count). The van der Waals surface area contributed by atoms with Crippen LogP contribution in [0.4, 0.5) is 0 Å². The minimum atomic E-state index is 0.418. The summed E-state index contributed by atoms with van der Waals surface area (Å²) in [6, 6.07) is 11.1. The summed E-state index contributed by atoms with van der Waals surface area (Å²) in [4.78, 5) is 11.1. The Bertz CT molecular complexity index is 678. The zero-order valence-electron chi connectivity index (χ0n) is 11.3. The van der Waals surface area contributed by atoms with Gasteiger partial charge in [0, 0.05) is 5.56 Å². The summed E-state index contributed by atoms with van der Waals surface area (Å²) in [5.74, 6) is 1.28. The van der Waals surface area contributed by atoms with Crippen LogP contribution in [0.5, 0.6) is 5.75 Å². The van der Waals surface area contributed by atoms with Gasteiger partial charge in [-0.15, -0.1) is 0 Å². The van der Waals surface area contributed by atoms with E-state index in [1.165, 1.54) is 0 Å².